The molecule has 3 N–H and O–H groups in total. The fourth-order valence-corrected chi connectivity index (χ4v) is 3.58. The molecule has 2 aliphatic heterocycles. The van der Waals surface area contributed by atoms with E-state index in [2.05, 4.69) is 22.3 Å². The third-order valence-electron chi connectivity index (χ3n) is 4.92. The van der Waals surface area contributed by atoms with Gasteiger partial charge in [-0.2, -0.15) is 0 Å². The molecule has 148 valence electrons. The van der Waals surface area contributed by atoms with Crippen LogP contribution < -0.4 is 11.1 Å². The molecule has 0 saturated carbocycles. The number of carbonyl (C=O) groups is 1. The smallest absolute Gasteiger partial charge is 0.249 e. The number of amides is 1. The summed E-state index contributed by atoms with van der Waals surface area (Å²) in [5.41, 5.74) is 6.87. The number of nitrogens with zero attached hydrogens (tertiary/aromatic N) is 1. The van der Waals surface area contributed by atoms with E-state index in [0.29, 0.717) is 6.54 Å². The van der Waals surface area contributed by atoms with E-state index in [0.717, 1.165) is 50.3 Å². The van der Waals surface area contributed by atoms with Crippen molar-refractivity contribution in [3.05, 3.63) is 34.9 Å². The highest BCUT2D eigenvalue weighted by Gasteiger charge is 2.31. The first-order valence-corrected chi connectivity index (χ1v) is 9.14. The van der Waals surface area contributed by atoms with E-state index in [4.69, 9.17) is 22.1 Å². The summed E-state index contributed by atoms with van der Waals surface area (Å²) >= 11 is 5.92. The second-order valence-electron chi connectivity index (χ2n) is 6.75. The monoisotopic (exact) mass is 423 g/mol. The minimum Gasteiger partial charge on any atom is -0.364 e. The van der Waals surface area contributed by atoms with Crippen molar-refractivity contribution in [2.45, 2.75) is 50.5 Å². The maximum Gasteiger partial charge on any atom is 0.249 e. The lowest BCUT2D eigenvalue weighted by Crippen LogP contribution is -2.47. The Hall–Kier alpha value is -0.560. The van der Waals surface area contributed by atoms with Gasteiger partial charge in [0, 0.05) is 37.2 Å². The fraction of sp³-hybridized carbons (Fsp3) is 0.611. The molecule has 3 rings (SSSR count). The summed E-state index contributed by atoms with van der Waals surface area (Å²) in [6, 6.07) is 8.25. The molecule has 1 amide bonds. The van der Waals surface area contributed by atoms with E-state index < -0.39 is 0 Å². The molecule has 1 aromatic carbocycles. The summed E-state index contributed by atoms with van der Waals surface area (Å²) < 4.78 is 5.67. The van der Waals surface area contributed by atoms with E-state index in [1.807, 2.05) is 12.1 Å². The first-order chi connectivity index (χ1) is 11.6. The number of likely N-dealkylation sites (tertiary alicyclic amines) is 1. The average molecular weight is 425 g/mol. The zero-order chi connectivity index (χ0) is 16.9. The van der Waals surface area contributed by atoms with Gasteiger partial charge >= 0.3 is 0 Å². The average Bonchev–Trinajstić information content (AvgIpc) is 3.08. The third kappa shape index (κ3) is 6.55. The molecular formula is C18H28Cl3N3O2. The number of ether oxygens (including phenoxy) is 1. The molecule has 2 fully saturated rings. The van der Waals surface area contributed by atoms with Gasteiger partial charge in [-0.25, -0.2) is 0 Å². The lowest BCUT2D eigenvalue weighted by Gasteiger charge is -2.32. The molecule has 0 unspecified atom stereocenters. The number of halogens is 3. The molecule has 2 heterocycles. The second kappa shape index (κ2) is 11.3. The Bertz CT molecular complexity index is 551. The van der Waals surface area contributed by atoms with Crippen LogP contribution in [0, 0.1) is 0 Å². The van der Waals surface area contributed by atoms with Gasteiger partial charge in [0.25, 0.3) is 0 Å². The molecule has 8 heteroatoms. The predicted octanol–water partition coefficient (Wildman–Crippen LogP) is 2.77. The summed E-state index contributed by atoms with van der Waals surface area (Å²) in [5.74, 6) is 0.0297. The molecule has 26 heavy (non-hydrogen) atoms. The van der Waals surface area contributed by atoms with Crippen LogP contribution in [0.3, 0.4) is 0 Å². The second-order valence-corrected chi connectivity index (χ2v) is 7.18. The van der Waals surface area contributed by atoms with Crippen LogP contribution in [-0.4, -0.2) is 48.7 Å². The van der Waals surface area contributed by atoms with Crippen LogP contribution in [0.15, 0.2) is 24.3 Å². The van der Waals surface area contributed by atoms with Gasteiger partial charge in [-0.3, -0.25) is 9.69 Å². The number of piperidine rings is 1. The molecule has 0 radical (unpaired) electrons. The molecule has 2 aliphatic rings. The fourth-order valence-electron chi connectivity index (χ4n) is 3.45. The van der Waals surface area contributed by atoms with Crippen LogP contribution in [0.4, 0.5) is 0 Å². The molecule has 5 nitrogen and oxygen atoms in total. The first kappa shape index (κ1) is 23.5. The number of hydrogen-bond acceptors (Lipinski definition) is 4. The molecular weight excluding hydrogens is 397 g/mol. The van der Waals surface area contributed by atoms with Crippen molar-refractivity contribution in [1.29, 1.82) is 0 Å². The Morgan fingerprint density at radius 2 is 1.81 bits per heavy atom. The van der Waals surface area contributed by atoms with Gasteiger partial charge in [0.05, 0.1) is 6.10 Å². The Labute approximate surface area is 172 Å². The number of nitrogens with one attached hydrogen (secondary N) is 1. The summed E-state index contributed by atoms with van der Waals surface area (Å²) in [4.78, 5) is 14.7. The summed E-state index contributed by atoms with van der Waals surface area (Å²) in [6.07, 6.45) is 3.35. The lowest BCUT2D eigenvalue weighted by atomic mass is 10.0. The van der Waals surface area contributed by atoms with Crippen molar-refractivity contribution in [2.24, 2.45) is 5.73 Å². The minimum atomic E-state index is -0.314. The standard InChI is InChI=1S/C18H26ClN3O2.2ClH/c19-14-3-1-13(2-4-14)12-22-9-7-15(8-10-22)21-18(23)17-6-5-16(11-20)24-17;;/h1-4,15-17H,5-12,20H2,(H,21,23);2*1H/t16-,17+;;/m1../s1. The number of hydrogen-bond donors (Lipinski definition) is 2. The van der Waals surface area contributed by atoms with E-state index in [1.54, 1.807) is 0 Å². The van der Waals surface area contributed by atoms with Crippen LogP contribution in [0.1, 0.15) is 31.2 Å². The van der Waals surface area contributed by atoms with Gasteiger partial charge in [-0.05, 0) is 43.4 Å². The molecule has 0 aliphatic carbocycles. The normalized spacial score (nSPS) is 23.8. The number of nitrogens with two attached hydrogens (primary N) is 1. The topological polar surface area (TPSA) is 67.6 Å². The Morgan fingerprint density at radius 1 is 1.15 bits per heavy atom. The van der Waals surface area contributed by atoms with Crippen molar-refractivity contribution >= 4 is 42.3 Å². The predicted molar refractivity (Wildman–Crippen MR) is 109 cm³/mol. The van der Waals surface area contributed by atoms with Crippen LogP contribution >= 0.6 is 36.4 Å². The molecule has 1 aromatic rings. The van der Waals surface area contributed by atoms with E-state index in [9.17, 15) is 4.79 Å². The third-order valence-corrected chi connectivity index (χ3v) is 5.17. The maximum atomic E-state index is 12.3. The van der Waals surface area contributed by atoms with Crippen LogP contribution in [0.2, 0.25) is 5.02 Å². The van der Waals surface area contributed by atoms with Gasteiger partial charge in [0.15, 0.2) is 0 Å². The quantitative estimate of drug-likeness (QED) is 0.762. The van der Waals surface area contributed by atoms with Crippen LogP contribution in [0.25, 0.3) is 0 Å². The Balaban J connectivity index is 0.00000169. The van der Waals surface area contributed by atoms with Gasteiger partial charge in [-0.1, -0.05) is 23.7 Å². The minimum absolute atomic E-state index is 0. The maximum absolute atomic E-state index is 12.3. The number of carbonyl (C=O) groups excluding carboxylic acids is 1. The van der Waals surface area contributed by atoms with Gasteiger partial charge in [-0.15, -0.1) is 24.8 Å². The summed E-state index contributed by atoms with van der Waals surface area (Å²) in [6.45, 7) is 3.41. The first-order valence-electron chi connectivity index (χ1n) is 8.76. The highest BCUT2D eigenvalue weighted by Crippen LogP contribution is 2.20. The van der Waals surface area contributed by atoms with Gasteiger partial charge in [0.2, 0.25) is 5.91 Å². The highest BCUT2D eigenvalue weighted by atomic mass is 35.5. The SMILES string of the molecule is Cl.Cl.NC[C@H]1CC[C@@H](C(=O)NC2CCN(Cc3ccc(Cl)cc3)CC2)O1. The Kier molecular flexibility index (Phi) is 10.2. The van der Waals surface area contributed by atoms with E-state index in [1.165, 1.54) is 5.56 Å². The molecule has 2 atom stereocenters. The highest BCUT2D eigenvalue weighted by molar-refractivity contribution is 6.30. The number of benzene rings is 1. The van der Waals surface area contributed by atoms with Crippen LogP contribution in [-0.2, 0) is 16.1 Å². The molecule has 2 saturated heterocycles. The van der Waals surface area contributed by atoms with Crippen LogP contribution in [0.5, 0.6) is 0 Å². The summed E-state index contributed by atoms with van der Waals surface area (Å²) in [7, 11) is 0. The van der Waals surface area contributed by atoms with Crippen molar-refractivity contribution in [2.75, 3.05) is 19.6 Å². The molecule has 0 spiro atoms. The van der Waals surface area contributed by atoms with E-state index in [-0.39, 0.29) is 49.0 Å². The van der Waals surface area contributed by atoms with Crippen molar-refractivity contribution in [3.63, 3.8) is 0 Å². The molecule has 0 aromatic heterocycles. The zero-order valence-corrected chi connectivity index (χ0v) is 17.1. The zero-order valence-electron chi connectivity index (χ0n) is 14.7. The number of rotatable bonds is 5. The molecule has 0 bridgehead atoms. The van der Waals surface area contributed by atoms with Gasteiger partial charge in [0.1, 0.15) is 6.10 Å². The Morgan fingerprint density at radius 3 is 2.38 bits per heavy atom. The largest absolute Gasteiger partial charge is 0.364 e. The lowest BCUT2D eigenvalue weighted by molar-refractivity contribution is -0.132. The van der Waals surface area contributed by atoms with E-state index >= 15 is 0 Å². The van der Waals surface area contributed by atoms with Gasteiger partial charge < -0.3 is 15.8 Å². The van der Waals surface area contributed by atoms with Crippen molar-refractivity contribution < 1.29 is 9.53 Å². The van der Waals surface area contributed by atoms with Crippen molar-refractivity contribution in [1.82, 2.24) is 10.2 Å². The summed E-state index contributed by atoms with van der Waals surface area (Å²) in [5, 5.41) is 3.92. The van der Waals surface area contributed by atoms with Crippen molar-refractivity contribution in [3.8, 4) is 0 Å².